The van der Waals surface area contributed by atoms with Crippen molar-refractivity contribution in [3.05, 3.63) is 60.1 Å². The van der Waals surface area contributed by atoms with Crippen LogP contribution in [-0.4, -0.2) is 36.5 Å². The molecular formula is C18H19NO4. The highest BCUT2D eigenvalue weighted by atomic mass is 16.5. The third kappa shape index (κ3) is 3.80. The second-order valence-corrected chi connectivity index (χ2v) is 5.70. The Bertz CT molecular complexity index is 651. The van der Waals surface area contributed by atoms with Gasteiger partial charge >= 0.3 is 5.97 Å². The number of esters is 1. The number of rotatable bonds is 4. The summed E-state index contributed by atoms with van der Waals surface area (Å²) >= 11 is 0. The van der Waals surface area contributed by atoms with Crippen LogP contribution in [-0.2, 0) is 4.74 Å². The van der Waals surface area contributed by atoms with Crippen LogP contribution in [0.1, 0.15) is 33.8 Å². The lowest BCUT2D eigenvalue weighted by Crippen LogP contribution is -2.41. The first-order valence-electron chi connectivity index (χ1n) is 7.79. The zero-order valence-corrected chi connectivity index (χ0v) is 12.8. The van der Waals surface area contributed by atoms with Crippen LogP contribution in [0.2, 0.25) is 0 Å². The van der Waals surface area contributed by atoms with Crippen molar-refractivity contribution in [2.45, 2.75) is 12.8 Å². The molecule has 1 aliphatic heterocycles. The number of piperidine rings is 1. The minimum Gasteiger partial charge on any atom is -0.459 e. The molecule has 2 aromatic rings. The van der Waals surface area contributed by atoms with Crippen molar-refractivity contribution < 1.29 is 18.7 Å². The van der Waals surface area contributed by atoms with E-state index in [1.54, 1.807) is 12.1 Å². The number of carbonyl (C=O) groups is 2. The van der Waals surface area contributed by atoms with Crippen LogP contribution < -0.4 is 0 Å². The fraction of sp³-hybridized carbons (Fsp3) is 0.333. The first-order valence-corrected chi connectivity index (χ1v) is 7.79. The van der Waals surface area contributed by atoms with Crippen LogP contribution in [0.5, 0.6) is 0 Å². The van der Waals surface area contributed by atoms with E-state index in [1.165, 1.54) is 6.26 Å². The number of nitrogens with zero attached hydrogens (tertiary/aromatic N) is 1. The minimum absolute atomic E-state index is 0.0349. The van der Waals surface area contributed by atoms with Crippen molar-refractivity contribution in [3.8, 4) is 0 Å². The maximum Gasteiger partial charge on any atom is 0.374 e. The van der Waals surface area contributed by atoms with Gasteiger partial charge in [0.05, 0.1) is 12.9 Å². The van der Waals surface area contributed by atoms with Gasteiger partial charge in [0.2, 0.25) is 5.76 Å². The second kappa shape index (κ2) is 7.13. The number of likely N-dealkylation sites (tertiary alicyclic amines) is 1. The summed E-state index contributed by atoms with van der Waals surface area (Å²) in [5, 5.41) is 0. The third-order valence-corrected chi connectivity index (χ3v) is 4.00. The van der Waals surface area contributed by atoms with Gasteiger partial charge in [-0.15, -0.1) is 0 Å². The maximum atomic E-state index is 12.5. The molecule has 5 nitrogen and oxygen atoms in total. The summed E-state index contributed by atoms with van der Waals surface area (Å²) in [5.74, 6) is -0.0532. The number of amides is 1. The molecule has 1 aliphatic rings. The van der Waals surface area contributed by atoms with E-state index in [0.29, 0.717) is 18.7 Å². The van der Waals surface area contributed by atoms with Gasteiger partial charge in [-0.1, -0.05) is 18.2 Å². The number of hydrogen-bond acceptors (Lipinski definition) is 4. The molecule has 5 heteroatoms. The van der Waals surface area contributed by atoms with Crippen molar-refractivity contribution in [1.29, 1.82) is 0 Å². The highest BCUT2D eigenvalue weighted by molar-refractivity contribution is 5.94. The smallest absolute Gasteiger partial charge is 0.374 e. The van der Waals surface area contributed by atoms with Gasteiger partial charge in [-0.2, -0.15) is 0 Å². The summed E-state index contributed by atoms with van der Waals surface area (Å²) in [5.41, 5.74) is 0.695. The SMILES string of the molecule is O=C(OC[C@H]1CCCN(C(=O)c2ccccc2)C1)c1ccco1. The molecule has 1 fully saturated rings. The molecular weight excluding hydrogens is 294 g/mol. The van der Waals surface area contributed by atoms with E-state index in [-0.39, 0.29) is 17.6 Å². The number of ether oxygens (including phenoxy) is 1. The molecule has 1 aromatic carbocycles. The highest BCUT2D eigenvalue weighted by Gasteiger charge is 2.25. The quantitative estimate of drug-likeness (QED) is 0.814. The Labute approximate surface area is 134 Å². The molecule has 0 radical (unpaired) electrons. The monoisotopic (exact) mass is 313 g/mol. The Balaban J connectivity index is 1.54. The highest BCUT2D eigenvalue weighted by Crippen LogP contribution is 2.19. The van der Waals surface area contributed by atoms with Crippen LogP contribution in [0.3, 0.4) is 0 Å². The van der Waals surface area contributed by atoms with Crippen LogP contribution in [0.4, 0.5) is 0 Å². The second-order valence-electron chi connectivity index (χ2n) is 5.70. The van der Waals surface area contributed by atoms with Crippen LogP contribution in [0, 0.1) is 5.92 Å². The fourth-order valence-electron chi connectivity index (χ4n) is 2.81. The average molecular weight is 313 g/mol. The molecule has 1 saturated heterocycles. The predicted molar refractivity (Wildman–Crippen MR) is 84.1 cm³/mol. The Morgan fingerprint density at radius 1 is 1.17 bits per heavy atom. The normalized spacial score (nSPS) is 17.7. The van der Waals surface area contributed by atoms with Crippen LogP contribution in [0.15, 0.2) is 53.1 Å². The lowest BCUT2D eigenvalue weighted by molar-refractivity contribution is 0.0313. The summed E-state index contributed by atoms with van der Waals surface area (Å²) in [7, 11) is 0. The van der Waals surface area contributed by atoms with E-state index in [2.05, 4.69) is 0 Å². The van der Waals surface area contributed by atoms with Gasteiger partial charge in [-0.05, 0) is 37.1 Å². The van der Waals surface area contributed by atoms with E-state index in [4.69, 9.17) is 9.15 Å². The molecule has 23 heavy (non-hydrogen) atoms. The number of benzene rings is 1. The van der Waals surface area contributed by atoms with Crippen molar-refractivity contribution in [2.24, 2.45) is 5.92 Å². The van der Waals surface area contributed by atoms with Gasteiger partial charge in [0.25, 0.3) is 5.91 Å². The molecule has 1 aromatic heterocycles. The van der Waals surface area contributed by atoms with Crippen molar-refractivity contribution in [3.63, 3.8) is 0 Å². The van der Waals surface area contributed by atoms with Crippen LogP contribution in [0.25, 0.3) is 0 Å². The average Bonchev–Trinajstić information content (AvgIpc) is 3.15. The van der Waals surface area contributed by atoms with Crippen molar-refractivity contribution >= 4 is 11.9 Å². The Kier molecular flexibility index (Phi) is 4.76. The molecule has 1 atom stereocenters. The molecule has 0 aliphatic carbocycles. The molecule has 0 bridgehead atoms. The first-order chi connectivity index (χ1) is 11.2. The van der Waals surface area contributed by atoms with E-state index in [1.807, 2.05) is 35.2 Å². The Morgan fingerprint density at radius 3 is 2.74 bits per heavy atom. The summed E-state index contributed by atoms with van der Waals surface area (Å²) < 4.78 is 10.3. The summed E-state index contributed by atoms with van der Waals surface area (Å²) in [6.07, 6.45) is 3.31. The zero-order chi connectivity index (χ0) is 16.1. The summed E-state index contributed by atoms with van der Waals surface area (Å²) in [6, 6.07) is 12.5. The van der Waals surface area contributed by atoms with Crippen molar-refractivity contribution in [1.82, 2.24) is 4.90 Å². The van der Waals surface area contributed by atoms with Crippen molar-refractivity contribution in [2.75, 3.05) is 19.7 Å². The van der Waals surface area contributed by atoms with Gasteiger partial charge < -0.3 is 14.1 Å². The van der Waals surface area contributed by atoms with Gasteiger partial charge in [0, 0.05) is 24.6 Å². The fourth-order valence-corrected chi connectivity index (χ4v) is 2.81. The van der Waals surface area contributed by atoms with E-state index in [0.717, 1.165) is 19.4 Å². The molecule has 3 rings (SSSR count). The first kappa shape index (κ1) is 15.3. The van der Waals surface area contributed by atoms with Gasteiger partial charge in [-0.3, -0.25) is 4.79 Å². The van der Waals surface area contributed by atoms with Gasteiger partial charge in [0.15, 0.2) is 0 Å². The largest absolute Gasteiger partial charge is 0.459 e. The predicted octanol–water partition coefficient (Wildman–Crippen LogP) is 2.99. The molecule has 0 saturated carbocycles. The molecule has 1 amide bonds. The van der Waals surface area contributed by atoms with Gasteiger partial charge in [-0.25, -0.2) is 4.79 Å². The summed E-state index contributed by atoms with van der Waals surface area (Å²) in [6.45, 7) is 1.66. The van der Waals surface area contributed by atoms with Crippen LogP contribution >= 0.6 is 0 Å². The Hall–Kier alpha value is -2.56. The number of hydrogen-bond donors (Lipinski definition) is 0. The van der Waals surface area contributed by atoms with E-state index in [9.17, 15) is 9.59 Å². The lowest BCUT2D eigenvalue weighted by Gasteiger charge is -2.32. The lowest BCUT2D eigenvalue weighted by atomic mass is 9.98. The minimum atomic E-state index is -0.457. The maximum absolute atomic E-state index is 12.5. The standard InChI is InChI=1S/C18H19NO4/c20-17(15-7-2-1-3-8-15)19-10-4-6-14(12-19)13-23-18(21)16-9-5-11-22-16/h1-3,5,7-9,11,14H,4,6,10,12-13H2/t14-/m0/s1. The number of carbonyl (C=O) groups excluding carboxylic acids is 2. The number of furan rings is 1. The molecule has 0 spiro atoms. The van der Waals surface area contributed by atoms with E-state index < -0.39 is 5.97 Å². The topological polar surface area (TPSA) is 59.8 Å². The molecule has 0 N–H and O–H groups in total. The van der Waals surface area contributed by atoms with E-state index >= 15 is 0 Å². The Morgan fingerprint density at radius 2 is 2.00 bits per heavy atom. The third-order valence-electron chi connectivity index (χ3n) is 4.00. The molecule has 2 heterocycles. The van der Waals surface area contributed by atoms with Gasteiger partial charge in [0.1, 0.15) is 0 Å². The molecule has 0 unspecified atom stereocenters. The summed E-state index contributed by atoms with van der Waals surface area (Å²) in [4.78, 5) is 26.1. The molecule has 120 valence electrons. The zero-order valence-electron chi connectivity index (χ0n) is 12.8.